The maximum Gasteiger partial charge on any atom is 0.326 e. The first kappa shape index (κ1) is 15.0. The number of anilines is 1. The van der Waals surface area contributed by atoms with Gasteiger partial charge in [-0.3, -0.25) is 9.59 Å². The Morgan fingerprint density at radius 2 is 2.00 bits per heavy atom. The molecule has 6 nitrogen and oxygen atoms in total. The van der Waals surface area contributed by atoms with Gasteiger partial charge in [-0.05, 0) is 36.1 Å². The van der Waals surface area contributed by atoms with Gasteiger partial charge in [0.05, 0.1) is 0 Å². The van der Waals surface area contributed by atoms with Gasteiger partial charge in [-0.15, -0.1) is 0 Å². The molecule has 1 heterocycles. The predicted molar refractivity (Wildman–Crippen MR) is 77.1 cm³/mol. The molecule has 1 aromatic carbocycles. The highest BCUT2D eigenvalue weighted by molar-refractivity contribution is 5.99. The molecule has 1 aliphatic rings. The third kappa shape index (κ3) is 3.39. The summed E-state index contributed by atoms with van der Waals surface area (Å²) in [4.78, 5) is 34.6. The summed E-state index contributed by atoms with van der Waals surface area (Å²) in [6.45, 7) is 3.48. The number of hydrogen-bond acceptors (Lipinski definition) is 3. The second-order valence-electron chi connectivity index (χ2n) is 5.45. The van der Waals surface area contributed by atoms with Gasteiger partial charge in [0, 0.05) is 17.7 Å². The van der Waals surface area contributed by atoms with Gasteiger partial charge in [-0.1, -0.05) is 13.8 Å². The van der Waals surface area contributed by atoms with E-state index in [9.17, 15) is 14.4 Å². The smallest absolute Gasteiger partial charge is 0.326 e. The molecule has 2 amide bonds. The van der Waals surface area contributed by atoms with Crippen molar-refractivity contribution in [3.05, 3.63) is 29.3 Å². The summed E-state index contributed by atoms with van der Waals surface area (Å²) in [6.07, 6.45) is 0.969. The van der Waals surface area contributed by atoms with Gasteiger partial charge < -0.3 is 15.7 Å². The summed E-state index contributed by atoms with van der Waals surface area (Å²) in [7, 11) is 0. The number of carboxylic acid groups (broad SMARTS) is 1. The van der Waals surface area contributed by atoms with E-state index in [0.29, 0.717) is 24.1 Å². The first-order valence-electron chi connectivity index (χ1n) is 6.85. The Morgan fingerprint density at radius 1 is 1.29 bits per heavy atom. The van der Waals surface area contributed by atoms with E-state index in [4.69, 9.17) is 5.11 Å². The van der Waals surface area contributed by atoms with Crippen LogP contribution in [-0.2, 0) is 16.0 Å². The average Bonchev–Trinajstić information content (AvgIpc) is 2.43. The Bertz CT molecular complexity index is 595. The Labute approximate surface area is 122 Å². The van der Waals surface area contributed by atoms with E-state index in [1.165, 1.54) is 0 Å². The zero-order chi connectivity index (χ0) is 15.6. The molecule has 0 bridgehead atoms. The maximum absolute atomic E-state index is 12.2. The van der Waals surface area contributed by atoms with Crippen molar-refractivity contribution < 1.29 is 19.5 Å². The van der Waals surface area contributed by atoms with Gasteiger partial charge in [0.25, 0.3) is 5.91 Å². The number of fused-ring (bicyclic) bond motifs is 1. The highest BCUT2D eigenvalue weighted by Crippen LogP contribution is 2.23. The van der Waals surface area contributed by atoms with Crippen LogP contribution < -0.4 is 10.6 Å². The predicted octanol–water partition coefficient (Wildman–Crippen LogP) is 1.41. The van der Waals surface area contributed by atoms with Crippen molar-refractivity contribution in [3.8, 4) is 0 Å². The van der Waals surface area contributed by atoms with Gasteiger partial charge in [-0.2, -0.15) is 0 Å². The van der Waals surface area contributed by atoms with Crippen LogP contribution >= 0.6 is 0 Å². The molecule has 0 saturated heterocycles. The van der Waals surface area contributed by atoms with Crippen LogP contribution in [0.4, 0.5) is 5.69 Å². The molecular weight excluding hydrogens is 272 g/mol. The number of aryl methyl sites for hydroxylation is 1. The molecule has 0 aliphatic carbocycles. The molecule has 6 heteroatoms. The maximum atomic E-state index is 12.2. The molecule has 1 aromatic rings. The van der Waals surface area contributed by atoms with Gasteiger partial charge in [0.1, 0.15) is 6.04 Å². The van der Waals surface area contributed by atoms with Crippen molar-refractivity contribution in [3.63, 3.8) is 0 Å². The van der Waals surface area contributed by atoms with E-state index >= 15 is 0 Å². The monoisotopic (exact) mass is 290 g/mol. The molecular formula is C15H18N2O4. The highest BCUT2D eigenvalue weighted by Gasteiger charge is 2.24. The van der Waals surface area contributed by atoms with E-state index in [1.807, 2.05) is 0 Å². The zero-order valence-electron chi connectivity index (χ0n) is 12.0. The van der Waals surface area contributed by atoms with Gasteiger partial charge >= 0.3 is 5.97 Å². The average molecular weight is 290 g/mol. The zero-order valence-corrected chi connectivity index (χ0v) is 12.0. The second kappa shape index (κ2) is 5.95. The summed E-state index contributed by atoms with van der Waals surface area (Å²) < 4.78 is 0. The summed E-state index contributed by atoms with van der Waals surface area (Å²) in [5.74, 6) is -1.71. The third-order valence-electron chi connectivity index (χ3n) is 3.48. The number of carboxylic acids is 1. The molecule has 0 spiro atoms. The minimum Gasteiger partial charge on any atom is -0.480 e. The Balaban J connectivity index is 2.17. The normalized spacial score (nSPS) is 15.1. The van der Waals surface area contributed by atoms with E-state index in [2.05, 4.69) is 10.6 Å². The molecule has 0 aromatic heterocycles. The lowest BCUT2D eigenvalue weighted by Gasteiger charge is -2.20. The number of hydrogen-bond donors (Lipinski definition) is 3. The van der Waals surface area contributed by atoms with Crippen LogP contribution in [0.15, 0.2) is 18.2 Å². The van der Waals surface area contributed by atoms with Crippen molar-refractivity contribution in [2.75, 3.05) is 5.32 Å². The van der Waals surface area contributed by atoms with Crippen LogP contribution in [0.1, 0.15) is 36.2 Å². The number of amides is 2. The lowest BCUT2D eigenvalue weighted by atomic mass is 9.99. The van der Waals surface area contributed by atoms with Crippen LogP contribution in [-0.4, -0.2) is 28.9 Å². The molecule has 0 fully saturated rings. The van der Waals surface area contributed by atoms with Gasteiger partial charge in [0.15, 0.2) is 0 Å². The van der Waals surface area contributed by atoms with Gasteiger partial charge in [0.2, 0.25) is 5.91 Å². The highest BCUT2D eigenvalue weighted by atomic mass is 16.4. The fourth-order valence-corrected chi connectivity index (χ4v) is 2.26. The Morgan fingerprint density at radius 3 is 2.62 bits per heavy atom. The SMILES string of the molecule is CC(C)[C@H](NC(=O)c1ccc2c(c1)CCC(=O)N2)C(=O)O. The quantitative estimate of drug-likeness (QED) is 0.781. The molecule has 0 saturated carbocycles. The van der Waals surface area contributed by atoms with E-state index < -0.39 is 17.9 Å². The van der Waals surface area contributed by atoms with Crippen LogP contribution in [0.3, 0.4) is 0 Å². The molecule has 21 heavy (non-hydrogen) atoms. The van der Waals surface area contributed by atoms with Crippen LogP contribution in [0.2, 0.25) is 0 Å². The molecule has 1 aliphatic heterocycles. The Hall–Kier alpha value is -2.37. The topological polar surface area (TPSA) is 95.5 Å². The summed E-state index contributed by atoms with van der Waals surface area (Å²) in [5.41, 5.74) is 2.00. The minimum absolute atomic E-state index is 0.0366. The molecule has 3 N–H and O–H groups in total. The Kier molecular flexibility index (Phi) is 4.26. The summed E-state index contributed by atoms with van der Waals surface area (Å²) in [5, 5.41) is 14.4. The standard InChI is InChI=1S/C15H18N2O4/c1-8(2)13(15(20)21)17-14(19)10-3-5-11-9(7-10)4-6-12(18)16-11/h3,5,7-8,13H,4,6H2,1-2H3,(H,16,18)(H,17,19)(H,20,21)/t13-/m0/s1. The number of benzene rings is 1. The van der Waals surface area contributed by atoms with E-state index in [-0.39, 0.29) is 11.8 Å². The molecule has 2 rings (SSSR count). The lowest BCUT2D eigenvalue weighted by Crippen LogP contribution is -2.44. The van der Waals surface area contributed by atoms with Crippen molar-refractivity contribution >= 4 is 23.5 Å². The van der Waals surface area contributed by atoms with Crippen molar-refractivity contribution in [2.45, 2.75) is 32.7 Å². The number of nitrogens with one attached hydrogen (secondary N) is 2. The fourth-order valence-electron chi connectivity index (χ4n) is 2.26. The van der Waals surface area contributed by atoms with Gasteiger partial charge in [-0.25, -0.2) is 4.79 Å². The number of rotatable bonds is 4. The third-order valence-corrected chi connectivity index (χ3v) is 3.48. The molecule has 112 valence electrons. The summed E-state index contributed by atoms with van der Waals surface area (Å²) in [6, 6.07) is 4.03. The van der Waals surface area contributed by atoms with E-state index in [0.717, 1.165) is 5.56 Å². The lowest BCUT2D eigenvalue weighted by molar-refractivity contribution is -0.140. The largest absolute Gasteiger partial charge is 0.480 e. The van der Waals surface area contributed by atoms with Crippen molar-refractivity contribution in [1.82, 2.24) is 5.32 Å². The van der Waals surface area contributed by atoms with Crippen LogP contribution in [0, 0.1) is 5.92 Å². The molecule has 0 radical (unpaired) electrons. The molecule has 0 unspecified atom stereocenters. The van der Waals surface area contributed by atoms with Crippen molar-refractivity contribution in [1.29, 1.82) is 0 Å². The van der Waals surface area contributed by atoms with Crippen LogP contribution in [0.25, 0.3) is 0 Å². The van der Waals surface area contributed by atoms with Crippen molar-refractivity contribution in [2.24, 2.45) is 5.92 Å². The fraction of sp³-hybridized carbons (Fsp3) is 0.400. The minimum atomic E-state index is -1.05. The van der Waals surface area contributed by atoms with Crippen LogP contribution in [0.5, 0.6) is 0 Å². The molecule has 1 atom stereocenters. The summed E-state index contributed by atoms with van der Waals surface area (Å²) >= 11 is 0. The first-order chi connectivity index (χ1) is 9.88. The second-order valence-corrected chi connectivity index (χ2v) is 5.45. The number of carbonyl (C=O) groups excluding carboxylic acids is 2. The van der Waals surface area contributed by atoms with E-state index in [1.54, 1.807) is 32.0 Å². The number of aliphatic carboxylic acids is 1. The number of carbonyl (C=O) groups is 3. The first-order valence-corrected chi connectivity index (χ1v) is 6.85.